The highest BCUT2D eigenvalue weighted by Gasteiger charge is 2.55. The third-order valence-corrected chi connectivity index (χ3v) is 7.18. The number of methoxy groups -OCH3 is 1. The van der Waals surface area contributed by atoms with Gasteiger partial charge in [0.1, 0.15) is 5.75 Å². The summed E-state index contributed by atoms with van der Waals surface area (Å²) in [5.41, 5.74) is 2.22. The number of carbonyl (C=O) groups is 2. The van der Waals surface area contributed by atoms with Gasteiger partial charge in [0.25, 0.3) is 0 Å². The zero-order valence-corrected chi connectivity index (χ0v) is 19.7. The fraction of sp³-hybridized carbons (Fsp3) is 0.500. The van der Waals surface area contributed by atoms with Crippen molar-refractivity contribution in [3.63, 3.8) is 0 Å². The number of hydrogen-bond donors (Lipinski definition) is 3. The monoisotopic (exact) mass is 450 g/mol. The maximum atomic E-state index is 12.6. The number of pyridine rings is 1. The van der Waals surface area contributed by atoms with Crippen LogP contribution in [0, 0.1) is 11.3 Å². The molecule has 2 saturated carbocycles. The first kappa shape index (κ1) is 23.1. The van der Waals surface area contributed by atoms with Gasteiger partial charge < -0.3 is 20.7 Å². The van der Waals surface area contributed by atoms with Crippen LogP contribution in [0.25, 0.3) is 0 Å². The van der Waals surface area contributed by atoms with Crippen LogP contribution in [0.3, 0.4) is 0 Å². The Balaban J connectivity index is 1.13. The van der Waals surface area contributed by atoms with E-state index in [-0.39, 0.29) is 34.7 Å². The lowest BCUT2D eigenvalue weighted by Gasteiger charge is -2.57. The molecule has 2 fully saturated rings. The number of benzene rings is 1. The number of ether oxygens (including phenoxy) is 1. The molecule has 7 nitrogen and oxygen atoms in total. The van der Waals surface area contributed by atoms with E-state index in [1.165, 1.54) is 0 Å². The molecule has 0 atom stereocenters. The Morgan fingerprint density at radius 2 is 1.82 bits per heavy atom. The van der Waals surface area contributed by atoms with Crippen molar-refractivity contribution in [2.24, 2.45) is 11.3 Å². The molecule has 33 heavy (non-hydrogen) atoms. The van der Waals surface area contributed by atoms with Gasteiger partial charge in [-0.05, 0) is 60.4 Å². The normalized spacial score (nSPS) is 23.7. The molecule has 7 heteroatoms. The Kier molecular flexibility index (Phi) is 6.58. The van der Waals surface area contributed by atoms with Crippen LogP contribution in [-0.4, -0.2) is 36.6 Å². The highest BCUT2D eigenvalue weighted by Crippen LogP contribution is 2.58. The van der Waals surface area contributed by atoms with Gasteiger partial charge in [0.05, 0.1) is 7.11 Å². The molecule has 176 valence electrons. The van der Waals surface area contributed by atoms with E-state index in [2.05, 4.69) is 34.8 Å². The van der Waals surface area contributed by atoms with E-state index in [1.54, 1.807) is 13.3 Å². The highest BCUT2D eigenvalue weighted by atomic mass is 16.5. The fourth-order valence-corrected chi connectivity index (χ4v) is 5.07. The van der Waals surface area contributed by atoms with Crippen molar-refractivity contribution >= 4 is 11.9 Å². The second kappa shape index (κ2) is 9.41. The predicted octanol–water partition coefficient (Wildman–Crippen LogP) is 3.54. The molecule has 4 rings (SSSR count). The molecule has 0 unspecified atom stereocenters. The summed E-state index contributed by atoms with van der Waals surface area (Å²) in [4.78, 5) is 29.0. The van der Waals surface area contributed by atoms with Gasteiger partial charge >= 0.3 is 6.03 Å². The Labute approximate surface area is 195 Å². The molecule has 0 saturated heterocycles. The van der Waals surface area contributed by atoms with Crippen LogP contribution in [0.4, 0.5) is 4.79 Å². The summed E-state index contributed by atoms with van der Waals surface area (Å²) < 4.78 is 5.15. The molecular formula is C26H34N4O3. The van der Waals surface area contributed by atoms with Crippen molar-refractivity contribution in [2.45, 2.75) is 57.5 Å². The smallest absolute Gasteiger partial charge is 0.315 e. The first-order valence-corrected chi connectivity index (χ1v) is 11.6. The lowest BCUT2D eigenvalue weighted by molar-refractivity contribution is -0.138. The third-order valence-electron chi connectivity index (χ3n) is 7.18. The molecular weight excluding hydrogens is 416 g/mol. The van der Waals surface area contributed by atoms with Crippen LogP contribution in [-0.2, 0) is 16.8 Å². The lowest BCUT2D eigenvalue weighted by atomic mass is 9.50. The number of rotatable bonds is 8. The van der Waals surface area contributed by atoms with Gasteiger partial charge in [-0.25, -0.2) is 4.79 Å². The summed E-state index contributed by atoms with van der Waals surface area (Å²) in [7, 11) is 1.63. The molecule has 1 spiro atoms. The van der Waals surface area contributed by atoms with E-state index in [0.29, 0.717) is 13.1 Å². The zero-order chi connectivity index (χ0) is 23.5. The fourth-order valence-electron chi connectivity index (χ4n) is 5.07. The summed E-state index contributed by atoms with van der Waals surface area (Å²) in [6.45, 7) is 5.31. The van der Waals surface area contributed by atoms with Crippen molar-refractivity contribution in [1.29, 1.82) is 0 Å². The number of aromatic nitrogens is 1. The Hall–Kier alpha value is -3.09. The van der Waals surface area contributed by atoms with E-state index in [9.17, 15) is 9.59 Å². The molecule has 1 aromatic heterocycles. The topological polar surface area (TPSA) is 92.4 Å². The molecule has 0 bridgehead atoms. The lowest BCUT2D eigenvalue weighted by Crippen LogP contribution is -2.59. The third kappa shape index (κ3) is 5.46. The van der Waals surface area contributed by atoms with E-state index in [0.717, 1.165) is 42.6 Å². The van der Waals surface area contributed by atoms with E-state index < -0.39 is 0 Å². The molecule has 2 aromatic rings. The van der Waals surface area contributed by atoms with Crippen LogP contribution in [0.1, 0.15) is 50.7 Å². The van der Waals surface area contributed by atoms with Gasteiger partial charge in [-0.15, -0.1) is 0 Å². The number of nitrogens with one attached hydrogen (secondary N) is 3. The molecule has 2 aliphatic carbocycles. The van der Waals surface area contributed by atoms with Crippen LogP contribution in [0.2, 0.25) is 0 Å². The second-order valence-electron chi connectivity index (χ2n) is 10.2. The van der Waals surface area contributed by atoms with Gasteiger partial charge in [-0.2, -0.15) is 0 Å². The minimum Gasteiger partial charge on any atom is -0.497 e. The Morgan fingerprint density at radius 1 is 1.09 bits per heavy atom. The highest BCUT2D eigenvalue weighted by molar-refractivity contribution is 5.80. The van der Waals surface area contributed by atoms with Crippen molar-refractivity contribution < 1.29 is 14.3 Å². The Morgan fingerprint density at radius 3 is 2.45 bits per heavy atom. The van der Waals surface area contributed by atoms with E-state index >= 15 is 0 Å². The molecule has 0 radical (unpaired) electrons. The molecule has 3 N–H and O–H groups in total. The summed E-state index contributed by atoms with van der Waals surface area (Å²) in [5, 5.41) is 9.11. The summed E-state index contributed by atoms with van der Waals surface area (Å²) >= 11 is 0. The number of amides is 3. The van der Waals surface area contributed by atoms with Crippen LogP contribution in [0.15, 0.2) is 48.8 Å². The summed E-state index contributed by atoms with van der Waals surface area (Å²) in [6, 6.07) is 11.7. The number of hydrogen-bond acceptors (Lipinski definition) is 4. The van der Waals surface area contributed by atoms with Gasteiger partial charge in [-0.3, -0.25) is 9.78 Å². The van der Waals surface area contributed by atoms with Gasteiger partial charge in [0, 0.05) is 42.9 Å². The maximum Gasteiger partial charge on any atom is 0.315 e. The average molecular weight is 451 g/mol. The average Bonchev–Trinajstić information content (AvgIpc) is 2.77. The van der Waals surface area contributed by atoms with Crippen molar-refractivity contribution in [3.8, 4) is 5.75 Å². The van der Waals surface area contributed by atoms with Crippen molar-refractivity contribution in [3.05, 3.63) is 59.9 Å². The minimum atomic E-state index is -0.157. The van der Waals surface area contributed by atoms with Crippen LogP contribution < -0.4 is 20.7 Å². The van der Waals surface area contributed by atoms with E-state index in [1.807, 2.05) is 42.6 Å². The number of carbonyl (C=O) groups excluding carboxylic acids is 2. The largest absolute Gasteiger partial charge is 0.497 e. The van der Waals surface area contributed by atoms with Gasteiger partial charge in [-0.1, -0.05) is 32.0 Å². The molecule has 0 aliphatic heterocycles. The SMILES string of the molecule is COc1ccc(CNC(=O)NC2CC3(C2)CC(C(=O)NCC(C)(C)c2cccnc2)C3)cc1. The first-order chi connectivity index (χ1) is 15.8. The van der Waals surface area contributed by atoms with Gasteiger partial charge in [0.15, 0.2) is 0 Å². The summed E-state index contributed by atoms with van der Waals surface area (Å²) in [6.07, 6.45) is 7.36. The molecule has 3 amide bonds. The van der Waals surface area contributed by atoms with E-state index in [4.69, 9.17) is 4.74 Å². The molecule has 1 aromatic carbocycles. The van der Waals surface area contributed by atoms with Crippen LogP contribution in [0.5, 0.6) is 5.75 Å². The first-order valence-electron chi connectivity index (χ1n) is 11.6. The standard InChI is InChI=1S/C26H34N4O3/c1-25(2,20-5-4-10-27-16-20)17-29-23(31)19-11-26(12-19)13-21(14-26)30-24(32)28-15-18-6-8-22(33-3)9-7-18/h4-10,16,19,21H,11-15,17H2,1-3H3,(H,29,31)(H2,28,30,32). The van der Waals surface area contributed by atoms with Crippen molar-refractivity contribution in [1.82, 2.24) is 20.9 Å². The molecule has 1 heterocycles. The van der Waals surface area contributed by atoms with Crippen LogP contribution >= 0.6 is 0 Å². The van der Waals surface area contributed by atoms with Gasteiger partial charge in [0.2, 0.25) is 5.91 Å². The maximum absolute atomic E-state index is 12.6. The molecule has 2 aliphatic rings. The quantitative estimate of drug-likeness (QED) is 0.574. The summed E-state index contributed by atoms with van der Waals surface area (Å²) in [5.74, 6) is 1.03. The number of nitrogens with zero attached hydrogens (tertiary/aromatic N) is 1. The minimum absolute atomic E-state index is 0.0829. The Bertz CT molecular complexity index is 961. The van der Waals surface area contributed by atoms with Crippen molar-refractivity contribution in [2.75, 3.05) is 13.7 Å². The number of urea groups is 1. The predicted molar refractivity (Wildman–Crippen MR) is 127 cm³/mol. The zero-order valence-electron chi connectivity index (χ0n) is 19.7. The second-order valence-corrected chi connectivity index (χ2v) is 10.2.